The van der Waals surface area contributed by atoms with Crippen molar-refractivity contribution in [3.63, 3.8) is 0 Å². The Morgan fingerprint density at radius 1 is 1.29 bits per heavy atom. The van der Waals surface area contributed by atoms with Crippen molar-refractivity contribution >= 4 is 5.97 Å². The van der Waals surface area contributed by atoms with Crippen molar-refractivity contribution in [3.8, 4) is 11.5 Å². The number of methoxy groups -OCH3 is 1. The van der Waals surface area contributed by atoms with Crippen LogP contribution >= 0.6 is 0 Å². The van der Waals surface area contributed by atoms with Gasteiger partial charge in [-0.3, -0.25) is 0 Å². The fraction of sp³-hybridized carbons (Fsp3) is 0.423. The van der Waals surface area contributed by atoms with Gasteiger partial charge in [-0.2, -0.15) is 13.2 Å². The van der Waals surface area contributed by atoms with E-state index in [1.165, 1.54) is 0 Å². The Hall–Kier alpha value is -3.00. The van der Waals surface area contributed by atoms with Crippen LogP contribution in [0, 0.1) is 0 Å². The molecule has 0 spiro atoms. The molecule has 0 bridgehead atoms. The predicted octanol–water partition coefficient (Wildman–Crippen LogP) is 5.37. The van der Waals surface area contributed by atoms with E-state index in [9.17, 15) is 18.0 Å². The Morgan fingerprint density at radius 2 is 2.00 bits per heavy atom. The highest BCUT2D eigenvalue weighted by Crippen LogP contribution is 2.54. The van der Waals surface area contributed by atoms with Crippen LogP contribution in [0.3, 0.4) is 0 Å². The van der Waals surface area contributed by atoms with Crippen LogP contribution in [0.15, 0.2) is 49.1 Å². The topological polar surface area (TPSA) is 48.0 Å². The minimum atomic E-state index is -4.46. The number of rotatable bonds is 6. The van der Waals surface area contributed by atoms with Gasteiger partial charge in [-0.25, -0.2) is 4.79 Å². The van der Waals surface area contributed by atoms with Gasteiger partial charge in [0, 0.05) is 18.5 Å². The third-order valence-corrected chi connectivity index (χ3v) is 6.74. The van der Waals surface area contributed by atoms with Crippen LogP contribution in [-0.2, 0) is 22.9 Å². The van der Waals surface area contributed by atoms with Crippen molar-refractivity contribution in [3.05, 3.63) is 71.3 Å². The number of carbonyl (C=O) groups excluding carboxylic acids is 1. The molecule has 2 aliphatic rings. The highest BCUT2D eigenvalue weighted by Gasteiger charge is 2.51. The first kappa shape index (κ1) is 24.1. The molecule has 2 aromatic rings. The number of ether oxygens (including phenoxy) is 3. The lowest BCUT2D eigenvalue weighted by Crippen LogP contribution is -2.40. The second-order valence-electron chi connectivity index (χ2n) is 9.00. The van der Waals surface area contributed by atoms with Crippen molar-refractivity contribution in [1.29, 1.82) is 0 Å². The molecule has 0 aliphatic carbocycles. The molecule has 182 valence electrons. The van der Waals surface area contributed by atoms with E-state index in [2.05, 4.69) is 24.6 Å². The summed E-state index contributed by atoms with van der Waals surface area (Å²) in [5, 5.41) is 0. The number of hydrogen-bond donors (Lipinski definition) is 0. The molecule has 2 heterocycles. The average molecular weight is 476 g/mol. The van der Waals surface area contributed by atoms with E-state index in [4.69, 9.17) is 14.2 Å². The van der Waals surface area contributed by atoms with Gasteiger partial charge in [0.05, 0.1) is 23.7 Å². The molecule has 0 N–H and O–H groups in total. The minimum absolute atomic E-state index is 0.0638. The Balaban J connectivity index is 1.55. The highest BCUT2D eigenvalue weighted by molar-refractivity contribution is 5.89. The van der Waals surface area contributed by atoms with E-state index < -0.39 is 29.2 Å². The summed E-state index contributed by atoms with van der Waals surface area (Å²) in [4.78, 5) is 14.8. The molecule has 0 fully saturated rings. The minimum Gasteiger partial charge on any atom is -0.493 e. The number of esters is 1. The molecule has 2 aliphatic heterocycles. The zero-order valence-corrected chi connectivity index (χ0v) is 19.4. The van der Waals surface area contributed by atoms with Gasteiger partial charge in [-0.1, -0.05) is 12.1 Å². The normalized spacial score (nSPS) is 22.8. The summed E-state index contributed by atoms with van der Waals surface area (Å²) in [7, 11) is 3.67. The van der Waals surface area contributed by atoms with Gasteiger partial charge in [-0.15, -0.1) is 6.58 Å². The maximum absolute atomic E-state index is 12.8. The zero-order chi connectivity index (χ0) is 24.7. The molecular weight excluding hydrogens is 447 g/mol. The Bertz CT molecular complexity index is 1080. The molecule has 0 saturated carbocycles. The number of benzene rings is 2. The Labute approximate surface area is 197 Å². The average Bonchev–Trinajstić information content (AvgIpc) is 3.02. The fourth-order valence-electron chi connectivity index (χ4n) is 4.95. The quantitative estimate of drug-likeness (QED) is 0.415. The standard InChI is InChI=1S/C26H28F3NO4/c1-5-25-12-13-30(3)15-18-8-11-20(32-4)23(22(18)25)34-21(25)14-16(2)33-24(31)17-6-9-19(10-7-17)26(27,28)29/h5-11,16,21H,1,12-15H2,2-4H3/t16-,21?,25-/m0/s1. The fourth-order valence-corrected chi connectivity index (χ4v) is 4.95. The van der Waals surface area contributed by atoms with Gasteiger partial charge in [-0.05, 0) is 62.8 Å². The lowest BCUT2D eigenvalue weighted by molar-refractivity contribution is -0.137. The van der Waals surface area contributed by atoms with Crippen molar-refractivity contribution in [1.82, 2.24) is 4.90 Å². The smallest absolute Gasteiger partial charge is 0.416 e. The maximum atomic E-state index is 12.8. The molecule has 4 rings (SSSR count). The van der Waals surface area contributed by atoms with E-state index in [0.29, 0.717) is 17.9 Å². The van der Waals surface area contributed by atoms with Gasteiger partial charge in [0.2, 0.25) is 0 Å². The van der Waals surface area contributed by atoms with Crippen LogP contribution in [0.2, 0.25) is 0 Å². The number of alkyl halides is 3. The van der Waals surface area contributed by atoms with Crippen LogP contribution in [0.25, 0.3) is 0 Å². The van der Waals surface area contributed by atoms with Crippen molar-refractivity contribution in [2.45, 2.75) is 50.1 Å². The largest absolute Gasteiger partial charge is 0.493 e. The van der Waals surface area contributed by atoms with Gasteiger partial charge in [0.15, 0.2) is 11.5 Å². The monoisotopic (exact) mass is 475 g/mol. The molecule has 2 aromatic carbocycles. The van der Waals surface area contributed by atoms with Gasteiger partial charge >= 0.3 is 12.1 Å². The summed E-state index contributed by atoms with van der Waals surface area (Å²) >= 11 is 0. The van der Waals surface area contributed by atoms with E-state index >= 15 is 0 Å². The lowest BCUT2D eigenvalue weighted by Gasteiger charge is -2.32. The van der Waals surface area contributed by atoms with Crippen LogP contribution in [0.5, 0.6) is 11.5 Å². The summed E-state index contributed by atoms with van der Waals surface area (Å²) < 4.78 is 56.0. The molecule has 1 unspecified atom stereocenters. The molecule has 5 nitrogen and oxygen atoms in total. The number of carbonyl (C=O) groups is 1. The lowest BCUT2D eigenvalue weighted by atomic mass is 9.72. The van der Waals surface area contributed by atoms with Crippen LogP contribution < -0.4 is 9.47 Å². The maximum Gasteiger partial charge on any atom is 0.416 e. The molecule has 0 radical (unpaired) electrons. The molecule has 0 aromatic heterocycles. The van der Waals surface area contributed by atoms with Crippen LogP contribution in [0.4, 0.5) is 13.2 Å². The van der Waals surface area contributed by atoms with Gasteiger partial charge < -0.3 is 19.1 Å². The summed E-state index contributed by atoms with van der Waals surface area (Å²) in [6.45, 7) is 7.50. The first-order valence-electron chi connectivity index (χ1n) is 11.2. The summed E-state index contributed by atoms with van der Waals surface area (Å²) in [5.74, 6) is 0.663. The summed E-state index contributed by atoms with van der Waals surface area (Å²) in [6, 6.07) is 7.96. The molecular formula is C26H28F3NO4. The van der Waals surface area contributed by atoms with E-state index in [-0.39, 0.29) is 11.7 Å². The number of halogens is 3. The van der Waals surface area contributed by atoms with Crippen LogP contribution in [0.1, 0.15) is 46.8 Å². The third kappa shape index (κ3) is 4.27. The number of nitrogens with zero attached hydrogens (tertiary/aromatic N) is 1. The van der Waals surface area contributed by atoms with Gasteiger partial charge in [0.25, 0.3) is 0 Å². The Morgan fingerprint density at radius 3 is 2.62 bits per heavy atom. The first-order valence-corrected chi connectivity index (χ1v) is 11.2. The zero-order valence-electron chi connectivity index (χ0n) is 19.4. The third-order valence-electron chi connectivity index (χ3n) is 6.74. The molecule has 8 heteroatoms. The molecule has 0 saturated heterocycles. The Kier molecular flexibility index (Phi) is 6.38. The molecule has 3 atom stereocenters. The summed E-state index contributed by atoms with van der Waals surface area (Å²) in [5.41, 5.74) is 0.989. The highest BCUT2D eigenvalue weighted by atomic mass is 19.4. The SMILES string of the molecule is C=C[C@@]12CCN(C)Cc3ccc(OC)c(c31)OC2C[C@H](C)OC(=O)c1ccc(C(F)(F)F)cc1. The van der Waals surface area contributed by atoms with E-state index in [1.54, 1.807) is 14.0 Å². The van der Waals surface area contributed by atoms with Gasteiger partial charge in [0.1, 0.15) is 12.2 Å². The second-order valence-corrected chi connectivity index (χ2v) is 9.00. The van der Waals surface area contributed by atoms with Crippen molar-refractivity contribution < 1.29 is 32.2 Å². The van der Waals surface area contributed by atoms with E-state index in [1.807, 2.05) is 12.1 Å². The summed E-state index contributed by atoms with van der Waals surface area (Å²) in [6.07, 6.45) is -2.24. The molecule has 34 heavy (non-hydrogen) atoms. The first-order chi connectivity index (χ1) is 16.1. The second kappa shape index (κ2) is 8.98. The van der Waals surface area contributed by atoms with Crippen molar-refractivity contribution in [2.75, 3.05) is 20.7 Å². The predicted molar refractivity (Wildman–Crippen MR) is 121 cm³/mol. The number of hydrogen-bond acceptors (Lipinski definition) is 5. The van der Waals surface area contributed by atoms with Crippen molar-refractivity contribution in [2.24, 2.45) is 0 Å². The van der Waals surface area contributed by atoms with E-state index in [0.717, 1.165) is 54.9 Å². The van der Waals surface area contributed by atoms with Crippen LogP contribution in [-0.4, -0.2) is 43.8 Å². The molecule has 0 amide bonds.